The van der Waals surface area contributed by atoms with Crippen LogP contribution in [0.15, 0.2) is 0 Å². The molecule has 0 spiro atoms. The van der Waals surface area contributed by atoms with Crippen LogP contribution in [0.3, 0.4) is 0 Å². The zero-order valence-electron chi connectivity index (χ0n) is 10.8. The Labute approximate surface area is 112 Å². The van der Waals surface area contributed by atoms with Gasteiger partial charge in [-0.05, 0) is 19.4 Å². The molecule has 1 unspecified atom stereocenters. The van der Waals surface area contributed by atoms with E-state index in [4.69, 9.17) is 0 Å². The van der Waals surface area contributed by atoms with Crippen LogP contribution in [0.4, 0.5) is 26.3 Å². The molecule has 3 nitrogen and oxygen atoms in total. The molecule has 0 aliphatic carbocycles. The zero-order valence-corrected chi connectivity index (χ0v) is 10.8. The SMILES string of the molecule is CCNC1CCCN(C(=O)C(C(F)(F)F)C(F)(F)F)C1. The van der Waals surface area contributed by atoms with Gasteiger partial charge in [0.2, 0.25) is 11.8 Å². The van der Waals surface area contributed by atoms with Crippen LogP contribution < -0.4 is 5.32 Å². The van der Waals surface area contributed by atoms with Gasteiger partial charge in [-0.1, -0.05) is 6.92 Å². The van der Waals surface area contributed by atoms with Crippen LogP contribution in [0, 0.1) is 5.92 Å². The Morgan fingerprint density at radius 2 is 1.80 bits per heavy atom. The topological polar surface area (TPSA) is 32.3 Å². The lowest BCUT2D eigenvalue weighted by molar-refractivity contribution is -0.277. The number of nitrogens with one attached hydrogen (secondary N) is 1. The van der Waals surface area contributed by atoms with Gasteiger partial charge in [-0.2, -0.15) is 26.3 Å². The number of piperidine rings is 1. The van der Waals surface area contributed by atoms with E-state index in [2.05, 4.69) is 5.32 Å². The van der Waals surface area contributed by atoms with E-state index in [1.165, 1.54) is 0 Å². The lowest BCUT2D eigenvalue weighted by Crippen LogP contribution is -2.54. The van der Waals surface area contributed by atoms with E-state index in [1.54, 1.807) is 6.92 Å². The van der Waals surface area contributed by atoms with Crippen molar-refractivity contribution in [2.45, 2.75) is 38.2 Å². The standard InChI is InChI=1S/C11H16F6N2O/c1-2-18-7-4-3-5-19(6-7)9(20)8(10(12,13)14)11(15,16)17/h7-8,18H,2-6H2,1H3. The van der Waals surface area contributed by atoms with Crippen LogP contribution in [0.5, 0.6) is 0 Å². The molecule has 0 aromatic rings. The minimum Gasteiger partial charge on any atom is -0.340 e. The maximum absolute atomic E-state index is 12.5. The summed E-state index contributed by atoms with van der Waals surface area (Å²) in [7, 11) is 0. The van der Waals surface area contributed by atoms with Crippen molar-refractivity contribution < 1.29 is 31.1 Å². The quantitative estimate of drug-likeness (QED) is 0.812. The minimum absolute atomic E-state index is 0.0800. The molecule has 20 heavy (non-hydrogen) atoms. The Hall–Kier alpha value is -0.990. The molecule has 1 amide bonds. The monoisotopic (exact) mass is 306 g/mol. The molecule has 118 valence electrons. The first-order valence-electron chi connectivity index (χ1n) is 6.23. The third kappa shape index (κ3) is 4.26. The van der Waals surface area contributed by atoms with E-state index in [9.17, 15) is 31.1 Å². The van der Waals surface area contributed by atoms with Gasteiger partial charge in [0.1, 0.15) is 0 Å². The highest BCUT2D eigenvalue weighted by Crippen LogP contribution is 2.40. The molecule has 1 saturated heterocycles. The number of amides is 1. The van der Waals surface area contributed by atoms with Gasteiger partial charge >= 0.3 is 12.4 Å². The summed E-state index contributed by atoms with van der Waals surface area (Å²) in [4.78, 5) is 12.3. The zero-order chi connectivity index (χ0) is 15.6. The normalized spacial score (nSPS) is 21.4. The number of likely N-dealkylation sites (N-methyl/N-ethyl adjacent to an activating group) is 1. The molecule has 0 aromatic heterocycles. The maximum Gasteiger partial charge on any atom is 0.409 e. The predicted molar refractivity (Wildman–Crippen MR) is 58.9 cm³/mol. The molecule has 1 heterocycles. The fourth-order valence-corrected chi connectivity index (χ4v) is 2.28. The van der Waals surface area contributed by atoms with Crippen molar-refractivity contribution in [2.24, 2.45) is 5.92 Å². The predicted octanol–water partition coefficient (Wildman–Crippen LogP) is 2.33. The number of hydrogen-bond donors (Lipinski definition) is 1. The summed E-state index contributed by atoms with van der Waals surface area (Å²) in [6.07, 6.45) is -10.2. The van der Waals surface area contributed by atoms with Crippen molar-refractivity contribution in [3.05, 3.63) is 0 Å². The Bertz CT molecular complexity index is 325. The van der Waals surface area contributed by atoms with Crippen molar-refractivity contribution >= 4 is 5.91 Å². The van der Waals surface area contributed by atoms with E-state index in [1.807, 2.05) is 0 Å². The molecule has 0 radical (unpaired) electrons. The number of likely N-dealkylation sites (tertiary alicyclic amines) is 1. The first-order valence-corrected chi connectivity index (χ1v) is 6.23. The second-order valence-electron chi connectivity index (χ2n) is 4.70. The summed E-state index contributed by atoms with van der Waals surface area (Å²) in [5, 5.41) is 2.93. The lowest BCUT2D eigenvalue weighted by Gasteiger charge is -2.36. The number of carbonyl (C=O) groups excluding carboxylic acids is 1. The van der Waals surface area contributed by atoms with Crippen LogP contribution in [0.2, 0.25) is 0 Å². The first kappa shape index (κ1) is 17.1. The molecular weight excluding hydrogens is 290 g/mol. The average molecular weight is 306 g/mol. The highest BCUT2D eigenvalue weighted by molar-refractivity contribution is 5.80. The number of nitrogens with zero attached hydrogens (tertiary/aromatic N) is 1. The van der Waals surface area contributed by atoms with Crippen molar-refractivity contribution in [3.63, 3.8) is 0 Å². The molecule has 1 fully saturated rings. The first-order chi connectivity index (χ1) is 9.07. The molecule has 1 aliphatic heterocycles. The van der Waals surface area contributed by atoms with E-state index in [0.717, 1.165) is 0 Å². The Balaban J connectivity index is 2.85. The molecular formula is C11H16F6N2O. The van der Waals surface area contributed by atoms with Crippen LogP contribution in [-0.4, -0.2) is 48.8 Å². The smallest absolute Gasteiger partial charge is 0.340 e. The van der Waals surface area contributed by atoms with Crippen molar-refractivity contribution in [3.8, 4) is 0 Å². The van der Waals surface area contributed by atoms with Crippen molar-refractivity contribution in [1.82, 2.24) is 10.2 Å². The van der Waals surface area contributed by atoms with Gasteiger partial charge in [0.15, 0.2) is 0 Å². The summed E-state index contributed by atoms with van der Waals surface area (Å²) in [6.45, 7) is 2.10. The number of halogens is 6. The largest absolute Gasteiger partial charge is 0.409 e. The van der Waals surface area contributed by atoms with Crippen LogP contribution in [0.1, 0.15) is 19.8 Å². The summed E-state index contributed by atoms with van der Waals surface area (Å²) in [5.41, 5.74) is 0. The van der Waals surface area contributed by atoms with Gasteiger partial charge in [-0.15, -0.1) is 0 Å². The summed E-state index contributed by atoms with van der Waals surface area (Å²) in [6, 6.07) is -0.264. The maximum atomic E-state index is 12.5. The minimum atomic E-state index is -5.62. The van der Waals surface area contributed by atoms with Crippen molar-refractivity contribution in [1.29, 1.82) is 0 Å². The molecule has 0 saturated carbocycles. The molecule has 1 aliphatic rings. The Kier molecular flexibility index (Phi) is 5.28. The molecule has 1 N–H and O–H groups in total. The van der Waals surface area contributed by atoms with Gasteiger partial charge in [0.25, 0.3) is 0 Å². The number of hydrogen-bond acceptors (Lipinski definition) is 2. The summed E-state index contributed by atoms with van der Waals surface area (Å²) < 4.78 is 74.9. The fraction of sp³-hybridized carbons (Fsp3) is 0.909. The fourth-order valence-electron chi connectivity index (χ4n) is 2.28. The summed E-state index contributed by atoms with van der Waals surface area (Å²) in [5.74, 6) is -5.84. The molecule has 9 heteroatoms. The molecule has 0 aromatic carbocycles. The highest BCUT2D eigenvalue weighted by Gasteiger charge is 2.62. The second-order valence-corrected chi connectivity index (χ2v) is 4.70. The van der Waals surface area contributed by atoms with Gasteiger partial charge in [-0.25, -0.2) is 0 Å². The number of alkyl halides is 6. The van der Waals surface area contributed by atoms with Gasteiger partial charge in [0, 0.05) is 19.1 Å². The van der Waals surface area contributed by atoms with Crippen LogP contribution in [0.25, 0.3) is 0 Å². The lowest BCUT2D eigenvalue weighted by atomic mass is 10.0. The highest BCUT2D eigenvalue weighted by atomic mass is 19.4. The van der Waals surface area contributed by atoms with E-state index in [-0.39, 0.29) is 19.1 Å². The van der Waals surface area contributed by atoms with Gasteiger partial charge in [0.05, 0.1) is 0 Å². The summed E-state index contributed by atoms with van der Waals surface area (Å²) >= 11 is 0. The van der Waals surface area contributed by atoms with Crippen LogP contribution >= 0.6 is 0 Å². The third-order valence-electron chi connectivity index (χ3n) is 3.13. The Morgan fingerprint density at radius 1 is 1.25 bits per heavy atom. The van der Waals surface area contributed by atoms with E-state index in [0.29, 0.717) is 24.3 Å². The average Bonchev–Trinajstić information content (AvgIpc) is 2.25. The third-order valence-corrected chi connectivity index (χ3v) is 3.13. The van der Waals surface area contributed by atoms with Crippen molar-refractivity contribution in [2.75, 3.05) is 19.6 Å². The van der Waals surface area contributed by atoms with E-state index < -0.39 is 24.2 Å². The number of carbonyl (C=O) groups is 1. The van der Waals surface area contributed by atoms with E-state index >= 15 is 0 Å². The second kappa shape index (κ2) is 6.19. The molecule has 1 atom stereocenters. The molecule has 1 rings (SSSR count). The number of rotatable bonds is 3. The molecule has 0 bridgehead atoms. The van der Waals surface area contributed by atoms with Gasteiger partial charge in [-0.3, -0.25) is 4.79 Å². The van der Waals surface area contributed by atoms with Crippen LogP contribution in [-0.2, 0) is 4.79 Å². The van der Waals surface area contributed by atoms with Gasteiger partial charge < -0.3 is 10.2 Å². The Morgan fingerprint density at radius 3 is 2.25 bits per heavy atom.